The molecule has 156 valence electrons. The second-order valence-electron chi connectivity index (χ2n) is 7.96. The molecule has 9 heteroatoms. The van der Waals surface area contributed by atoms with Gasteiger partial charge in [0.25, 0.3) is 5.91 Å². The smallest absolute Gasteiger partial charge is 0.260 e. The highest BCUT2D eigenvalue weighted by Crippen LogP contribution is 2.33. The van der Waals surface area contributed by atoms with Crippen molar-refractivity contribution in [3.05, 3.63) is 47.7 Å². The Bertz CT molecular complexity index is 1070. The molecule has 0 unspecified atom stereocenters. The van der Waals surface area contributed by atoms with E-state index in [0.717, 1.165) is 35.7 Å². The fourth-order valence-corrected chi connectivity index (χ4v) is 3.90. The van der Waals surface area contributed by atoms with Gasteiger partial charge in [0.1, 0.15) is 23.6 Å². The summed E-state index contributed by atoms with van der Waals surface area (Å²) in [5.41, 5.74) is 2.93. The van der Waals surface area contributed by atoms with Crippen LogP contribution in [0.1, 0.15) is 24.1 Å². The van der Waals surface area contributed by atoms with Crippen LogP contribution in [0.25, 0.3) is 11.5 Å². The zero-order valence-corrected chi connectivity index (χ0v) is 16.8. The number of hydrogen-bond acceptors (Lipinski definition) is 5. The van der Waals surface area contributed by atoms with E-state index in [2.05, 4.69) is 14.8 Å². The van der Waals surface area contributed by atoms with Crippen LogP contribution in [0.5, 0.6) is 5.75 Å². The fraction of sp³-hybridized carbons (Fsp3) is 0.429. The third-order valence-corrected chi connectivity index (χ3v) is 5.75. The molecular formula is C21H23FN6O2. The van der Waals surface area contributed by atoms with Crippen molar-refractivity contribution in [2.75, 3.05) is 13.2 Å². The van der Waals surface area contributed by atoms with Gasteiger partial charge in [-0.1, -0.05) is 0 Å². The van der Waals surface area contributed by atoms with Gasteiger partial charge in [0.15, 0.2) is 12.4 Å². The Hall–Kier alpha value is -3.23. The highest BCUT2D eigenvalue weighted by Gasteiger charge is 2.30. The summed E-state index contributed by atoms with van der Waals surface area (Å²) in [7, 11) is 1.93. The summed E-state index contributed by atoms with van der Waals surface area (Å²) in [6.45, 7) is 1.88. The lowest BCUT2D eigenvalue weighted by Crippen LogP contribution is -2.39. The van der Waals surface area contributed by atoms with Crippen LogP contribution in [0.15, 0.2) is 30.6 Å². The van der Waals surface area contributed by atoms with Gasteiger partial charge in [-0.2, -0.15) is 5.10 Å². The Labute approximate surface area is 173 Å². The first kappa shape index (κ1) is 18.8. The minimum atomic E-state index is -0.337. The van der Waals surface area contributed by atoms with E-state index < -0.39 is 0 Å². The van der Waals surface area contributed by atoms with E-state index in [1.807, 2.05) is 11.7 Å². The highest BCUT2D eigenvalue weighted by atomic mass is 19.1. The van der Waals surface area contributed by atoms with Crippen LogP contribution in [0, 0.1) is 11.7 Å². The molecule has 0 atom stereocenters. The van der Waals surface area contributed by atoms with Gasteiger partial charge in [-0.3, -0.25) is 9.48 Å². The molecule has 1 aliphatic carbocycles. The standard InChI is InChI=1S/C21H23FN6O2/c1-26-18-8-9-27(19(29)12-30-16-6-4-15(22)5-7-16)11-17(18)20(25-26)21-24-23-13-28(21)10-14-2-3-14/h4-7,13-14H,2-3,8-12H2,1H3. The topological polar surface area (TPSA) is 78.1 Å². The molecule has 0 bridgehead atoms. The van der Waals surface area contributed by atoms with Gasteiger partial charge in [-0.05, 0) is 43.0 Å². The summed E-state index contributed by atoms with van der Waals surface area (Å²) < 4.78 is 22.5. The van der Waals surface area contributed by atoms with Gasteiger partial charge in [0, 0.05) is 44.4 Å². The van der Waals surface area contributed by atoms with Crippen molar-refractivity contribution in [2.24, 2.45) is 13.0 Å². The first-order chi connectivity index (χ1) is 14.6. The second-order valence-corrected chi connectivity index (χ2v) is 7.96. The number of amides is 1. The van der Waals surface area contributed by atoms with Gasteiger partial charge in [-0.15, -0.1) is 10.2 Å². The van der Waals surface area contributed by atoms with Crippen LogP contribution >= 0.6 is 0 Å². The van der Waals surface area contributed by atoms with E-state index in [0.29, 0.717) is 24.8 Å². The molecular weight excluding hydrogens is 387 g/mol. The molecule has 5 rings (SSSR count). The Morgan fingerprint density at radius 2 is 2.07 bits per heavy atom. The van der Waals surface area contributed by atoms with Gasteiger partial charge in [-0.25, -0.2) is 4.39 Å². The molecule has 0 N–H and O–H groups in total. The Balaban J connectivity index is 1.32. The van der Waals surface area contributed by atoms with Crippen LogP contribution in [-0.2, 0) is 31.4 Å². The number of carbonyl (C=O) groups is 1. The van der Waals surface area contributed by atoms with Crippen LogP contribution in [0.2, 0.25) is 0 Å². The van der Waals surface area contributed by atoms with Crippen molar-refractivity contribution in [3.63, 3.8) is 0 Å². The molecule has 3 aromatic rings. The van der Waals surface area contributed by atoms with Crippen LogP contribution in [0.4, 0.5) is 4.39 Å². The van der Waals surface area contributed by atoms with E-state index >= 15 is 0 Å². The number of aromatic nitrogens is 5. The van der Waals surface area contributed by atoms with Gasteiger partial charge >= 0.3 is 0 Å². The maximum atomic E-state index is 13.0. The number of rotatable bonds is 6. The van der Waals surface area contributed by atoms with E-state index in [4.69, 9.17) is 9.84 Å². The SMILES string of the molecule is Cn1nc(-c2nncn2CC2CC2)c2c1CCN(C(=O)COc1ccc(F)cc1)C2. The number of benzene rings is 1. The number of halogens is 1. The lowest BCUT2D eigenvalue weighted by atomic mass is 10.0. The maximum Gasteiger partial charge on any atom is 0.260 e. The Morgan fingerprint density at radius 1 is 1.27 bits per heavy atom. The number of nitrogens with zero attached hydrogens (tertiary/aromatic N) is 6. The summed E-state index contributed by atoms with van der Waals surface area (Å²) in [6, 6.07) is 5.66. The van der Waals surface area contributed by atoms with E-state index in [-0.39, 0.29) is 18.3 Å². The molecule has 0 radical (unpaired) electrons. The molecule has 1 saturated carbocycles. The first-order valence-electron chi connectivity index (χ1n) is 10.2. The number of fused-ring (bicyclic) bond motifs is 1. The van der Waals surface area contributed by atoms with Crippen molar-refractivity contribution < 1.29 is 13.9 Å². The van der Waals surface area contributed by atoms with Gasteiger partial charge < -0.3 is 14.2 Å². The van der Waals surface area contributed by atoms with Crippen molar-refractivity contribution in [2.45, 2.75) is 32.4 Å². The monoisotopic (exact) mass is 410 g/mol. The largest absolute Gasteiger partial charge is 0.484 e. The summed E-state index contributed by atoms with van der Waals surface area (Å²) >= 11 is 0. The maximum absolute atomic E-state index is 13.0. The molecule has 1 amide bonds. The quantitative estimate of drug-likeness (QED) is 0.623. The summed E-state index contributed by atoms with van der Waals surface area (Å²) in [6.07, 6.45) is 4.97. The minimum Gasteiger partial charge on any atom is -0.484 e. The molecule has 0 spiro atoms. The normalized spacial score (nSPS) is 15.9. The summed E-state index contributed by atoms with van der Waals surface area (Å²) in [5, 5.41) is 13.1. The fourth-order valence-electron chi connectivity index (χ4n) is 3.90. The number of hydrogen-bond donors (Lipinski definition) is 0. The molecule has 2 aromatic heterocycles. The molecule has 1 fully saturated rings. The van der Waals surface area contributed by atoms with Crippen LogP contribution in [-0.4, -0.2) is 48.5 Å². The predicted molar refractivity (Wildman–Crippen MR) is 106 cm³/mol. The molecule has 8 nitrogen and oxygen atoms in total. The molecule has 0 saturated heterocycles. The first-order valence-corrected chi connectivity index (χ1v) is 10.2. The molecule has 1 aliphatic heterocycles. The van der Waals surface area contributed by atoms with E-state index in [1.54, 1.807) is 11.2 Å². The van der Waals surface area contributed by atoms with Crippen molar-refractivity contribution in [1.82, 2.24) is 29.4 Å². The van der Waals surface area contributed by atoms with Crippen molar-refractivity contribution >= 4 is 5.91 Å². The Kier molecular flexibility index (Phi) is 4.72. The van der Waals surface area contributed by atoms with E-state index in [1.165, 1.54) is 37.1 Å². The zero-order valence-electron chi connectivity index (χ0n) is 16.8. The number of carbonyl (C=O) groups excluding carboxylic acids is 1. The third kappa shape index (κ3) is 3.67. The lowest BCUT2D eigenvalue weighted by molar-refractivity contribution is -0.134. The minimum absolute atomic E-state index is 0.0889. The molecule has 30 heavy (non-hydrogen) atoms. The summed E-state index contributed by atoms with van der Waals surface area (Å²) in [4.78, 5) is 14.5. The van der Waals surface area contributed by atoms with Crippen LogP contribution in [0.3, 0.4) is 0 Å². The number of ether oxygens (including phenoxy) is 1. The lowest BCUT2D eigenvalue weighted by Gasteiger charge is -2.27. The van der Waals surface area contributed by atoms with Gasteiger partial charge in [0.2, 0.25) is 0 Å². The average molecular weight is 410 g/mol. The van der Waals surface area contributed by atoms with Gasteiger partial charge in [0.05, 0.1) is 0 Å². The average Bonchev–Trinajstić information content (AvgIpc) is 3.35. The van der Waals surface area contributed by atoms with Crippen molar-refractivity contribution in [1.29, 1.82) is 0 Å². The predicted octanol–water partition coefficient (Wildman–Crippen LogP) is 2.19. The molecule has 2 aliphatic rings. The van der Waals surface area contributed by atoms with Crippen LogP contribution < -0.4 is 4.74 Å². The van der Waals surface area contributed by atoms with Crippen molar-refractivity contribution in [3.8, 4) is 17.3 Å². The second kappa shape index (κ2) is 7.55. The summed E-state index contributed by atoms with van der Waals surface area (Å²) in [5.74, 6) is 1.48. The zero-order chi connectivity index (χ0) is 20.7. The van der Waals surface area contributed by atoms with E-state index in [9.17, 15) is 9.18 Å². The Morgan fingerprint density at radius 3 is 2.83 bits per heavy atom. The molecule has 3 heterocycles. The molecule has 1 aromatic carbocycles. The number of aryl methyl sites for hydroxylation is 1. The third-order valence-electron chi connectivity index (χ3n) is 5.75. The highest BCUT2D eigenvalue weighted by molar-refractivity contribution is 5.78.